The summed E-state index contributed by atoms with van der Waals surface area (Å²) in [6.45, 7) is 3.06. The molecule has 3 aromatic rings. The van der Waals surface area contributed by atoms with E-state index in [1.807, 2.05) is 19.9 Å². The average Bonchev–Trinajstić information content (AvgIpc) is 2.85. The molecular weight excluding hydrogens is 474 g/mol. The number of para-hydroxylation sites is 1. The molecule has 1 N–H and O–H groups in total. The van der Waals surface area contributed by atoms with Crippen molar-refractivity contribution in [3.63, 3.8) is 0 Å². The largest absolute Gasteiger partial charge is 0.497 e. The van der Waals surface area contributed by atoms with Gasteiger partial charge in [0.2, 0.25) is 5.91 Å². The summed E-state index contributed by atoms with van der Waals surface area (Å²) in [5, 5.41) is 14.3. The number of carbonyl (C=O) groups excluding carboxylic acids is 1. The number of sulfonamides is 1. The second-order valence-corrected chi connectivity index (χ2v) is 9.40. The number of anilines is 2. The zero-order chi connectivity index (χ0) is 25.8. The second kappa shape index (κ2) is 10.4. The number of benzene rings is 3. The Kier molecular flexibility index (Phi) is 7.60. The first-order chi connectivity index (χ1) is 16.6. The van der Waals surface area contributed by atoms with Crippen molar-refractivity contribution in [1.82, 2.24) is 0 Å². The van der Waals surface area contributed by atoms with Crippen LogP contribution in [0, 0.1) is 24.0 Å². The number of ether oxygens (including phenoxy) is 2. The Bertz CT molecular complexity index is 1370. The molecule has 3 rings (SSSR count). The number of rotatable bonds is 9. The number of nitro groups is 1. The van der Waals surface area contributed by atoms with Gasteiger partial charge in [0.05, 0.1) is 24.8 Å². The fourth-order valence-electron chi connectivity index (χ4n) is 3.44. The first-order valence-electron chi connectivity index (χ1n) is 10.4. The lowest BCUT2D eigenvalue weighted by atomic mass is 10.1. The SMILES string of the molecule is COc1ccc(N(CC(=O)Nc2cccc(C)c2C)S(=O)(=O)c2ccccc2[N+](=O)[O-])c(OC)c1. The zero-order valence-corrected chi connectivity index (χ0v) is 20.5. The maximum atomic E-state index is 13.7. The second-order valence-electron chi connectivity index (χ2n) is 7.57. The maximum absolute atomic E-state index is 13.7. The highest BCUT2D eigenvalue weighted by Crippen LogP contribution is 2.37. The third kappa shape index (κ3) is 5.35. The highest BCUT2D eigenvalue weighted by molar-refractivity contribution is 7.93. The van der Waals surface area contributed by atoms with Gasteiger partial charge in [-0.15, -0.1) is 0 Å². The minimum absolute atomic E-state index is 0.0163. The van der Waals surface area contributed by atoms with Crippen LogP contribution in [0.5, 0.6) is 11.5 Å². The van der Waals surface area contributed by atoms with Crippen molar-refractivity contribution in [2.45, 2.75) is 18.7 Å². The summed E-state index contributed by atoms with van der Waals surface area (Å²) in [7, 11) is -1.80. The van der Waals surface area contributed by atoms with Crippen molar-refractivity contribution >= 4 is 33.0 Å². The Morgan fingerprint density at radius 3 is 2.40 bits per heavy atom. The summed E-state index contributed by atoms with van der Waals surface area (Å²) < 4.78 is 38.8. The number of hydrogen-bond acceptors (Lipinski definition) is 7. The predicted octanol–water partition coefficient (Wildman–Crippen LogP) is 4.06. The molecule has 0 aromatic heterocycles. The predicted molar refractivity (Wildman–Crippen MR) is 132 cm³/mol. The molecule has 0 saturated carbocycles. The van der Waals surface area contributed by atoms with E-state index in [0.717, 1.165) is 27.6 Å². The topological polar surface area (TPSA) is 128 Å². The van der Waals surface area contributed by atoms with Gasteiger partial charge in [-0.05, 0) is 49.2 Å². The number of nitrogens with zero attached hydrogens (tertiary/aromatic N) is 2. The standard InChI is InChI=1S/C24H25N3O7S/c1-16-8-7-9-19(17(16)2)25-24(28)15-26(20-13-12-18(33-3)14-22(20)34-4)35(31,32)23-11-6-5-10-21(23)27(29)30/h5-14H,15H2,1-4H3,(H,25,28). The van der Waals surface area contributed by atoms with Gasteiger partial charge in [-0.1, -0.05) is 24.3 Å². The van der Waals surface area contributed by atoms with Crippen LogP contribution in [0.25, 0.3) is 0 Å². The average molecular weight is 500 g/mol. The lowest BCUT2D eigenvalue weighted by Crippen LogP contribution is -2.38. The minimum atomic E-state index is -4.58. The minimum Gasteiger partial charge on any atom is -0.497 e. The van der Waals surface area contributed by atoms with Crippen LogP contribution in [0.1, 0.15) is 11.1 Å². The first-order valence-corrected chi connectivity index (χ1v) is 11.9. The molecule has 35 heavy (non-hydrogen) atoms. The van der Waals surface area contributed by atoms with E-state index in [-0.39, 0.29) is 11.4 Å². The highest BCUT2D eigenvalue weighted by atomic mass is 32.2. The Morgan fingerprint density at radius 2 is 1.74 bits per heavy atom. The maximum Gasteiger partial charge on any atom is 0.289 e. The summed E-state index contributed by atoms with van der Waals surface area (Å²) in [6, 6.07) is 14.7. The highest BCUT2D eigenvalue weighted by Gasteiger charge is 2.34. The molecule has 0 saturated heterocycles. The molecule has 0 aliphatic rings. The summed E-state index contributed by atoms with van der Waals surface area (Å²) in [4.78, 5) is 23.3. The molecule has 0 unspecified atom stereocenters. The van der Waals surface area contributed by atoms with Gasteiger partial charge in [-0.25, -0.2) is 8.42 Å². The van der Waals surface area contributed by atoms with Gasteiger partial charge in [0.25, 0.3) is 15.7 Å². The fourth-order valence-corrected chi connectivity index (χ4v) is 5.03. The molecule has 0 atom stereocenters. The lowest BCUT2D eigenvalue weighted by Gasteiger charge is -2.26. The molecule has 1 amide bonds. The van der Waals surface area contributed by atoms with Crippen molar-refractivity contribution in [3.8, 4) is 11.5 Å². The van der Waals surface area contributed by atoms with Gasteiger partial charge in [0.15, 0.2) is 4.90 Å². The molecule has 0 aliphatic carbocycles. The van der Waals surface area contributed by atoms with E-state index in [9.17, 15) is 23.3 Å². The zero-order valence-electron chi connectivity index (χ0n) is 19.6. The van der Waals surface area contributed by atoms with Crippen LogP contribution in [-0.2, 0) is 14.8 Å². The molecule has 0 fully saturated rings. The smallest absolute Gasteiger partial charge is 0.289 e. The van der Waals surface area contributed by atoms with Crippen LogP contribution in [-0.4, -0.2) is 40.0 Å². The van der Waals surface area contributed by atoms with Crippen LogP contribution in [0.4, 0.5) is 17.1 Å². The van der Waals surface area contributed by atoms with Crippen LogP contribution >= 0.6 is 0 Å². The van der Waals surface area contributed by atoms with Crippen molar-refractivity contribution in [3.05, 3.63) is 81.9 Å². The summed E-state index contributed by atoms with van der Waals surface area (Å²) in [5.41, 5.74) is 1.71. The van der Waals surface area contributed by atoms with E-state index in [0.29, 0.717) is 11.4 Å². The van der Waals surface area contributed by atoms with Gasteiger partial charge < -0.3 is 14.8 Å². The fraction of sp³-hybridized carbons (Fsp3) is 0.208. The molecule has 0 heterocycles. The van der Waals surface area contributed by atoms with Gasteiger partial charge in [0, 0.05) is 17.8 Å². The third-order valence-electron chi connectivity index (χ3n) is 5.45. The van der Waals surface area contributed by atoms with E-state index < -0.39 is 38.0 Å². The Balaban J connectivity index is 2.12. The van der Waals surface area contributed by atoms with E-state index in [2.05, 4.69) is 5.32 Å². The number of nitrogens with one attached hydrogen (secondary N) is 1. The van der Waals surface area contributed by atoms with Gasteiger partial charge in [-0.3, -0.25) is 19.2 Å². The van der Waals surface area contributed by atoms with Gasteiger partial charge in [-0.2, -0.15) is 0 Å². The Morgan fingerprint density at radius 1 is 1.03 bits per heavy atom. The number of carbonyl (C=O) groups is 1. The van der Waals surface area contributed by atoms with Crippen molar-refractivity contribution in [2.75, 3.05) is 30.4 Å². The molecule has 11 heteroatoms. The van der Waals surface area contributed by atoms with Gasteiger partial charge >= 0.3 is 0 Å². The Hall–Kier alpha value is -4.12. The molecule has 0 bridgehead atoms. The monoisotopic (exact) mass is 499 g/mol. The normalized spacial score (nSPS) is 11.0. The third-order valence-corrected chi connectivity index (χ3v) is 7.26. The number of nitro benzene ring substituents is 1. The van der Waals surface area contributed by atoms with E-state index in [1.54, 1.807) is 12.1 Å². The van der Waals surface area contributed by atoms with Gasteiger partial charge in [0.1, 0.15) is 18.0 Å². The lowest BCUT2D eigenvalue weighted by molar-refractivity contribution is -0.387. The summed E-state index contributed by atoms with van der Waals surface area (Å²) in [6.07, 6.45) is 0. The number of methoxy groups -OCH3 is 2. The Labute approximate surface area is 203 Å². The van der Waals surface area contributed by atoms with E-state index in [4.69, 9.17) is 9.47 Å². The molecule has 10 nitrogen and oxygen atoms in total. The first kappa shape index (κ1) is 25.5. The van der Waals surface area contributed by atoms with Crippen LogP contribution < -0.4 is 19.1 Å². The number of hydrogen-bond donors (Lipinski definition) is 1. The van der Waals surface area contributed by atoms with Crippen LogP contribution in [0.2, 0.25) is 0 Å². The molecule has 0 aliphatic heterocycles. The quantitative estimate of drug-likeness (QED) is 0.347. The van der Waals surface area contributed by atoms with E-state index >= 15 is 0 Å². The molecule has 3 aromatic carbocycles. The van der Waals surface area contributed by atoms with E-state index in [1.165, 1.54) is 44.6 Å². The summed E-state index contributed by atoms with van der Waals surface area (Å²) in [5.74, 6) is -0.141. The molecule has 184 valence electrons. The molecule has 0 radical (unpaired) electrons. The van der Waals surface area contributed by atoms with Crippen LogP contribution in [0.3, 0.4) is 0 Å². The van der Waals surface area contributed by atoms with Crippen molar-refractivity contribution in [1.29, 1.82) is 0 Å². The van der Waals surface area contributed by atoms with Crippen molar-refractivity contribution in [2.24, 2.45) is 0 Å². The van der Waals surface area contributed by atoms with Crippen molar-refractivity contribution < 1.29 is 27.6 Å². The number of aryl methyl sites for hydroxylation is 1. The summed E-state index contributed by atoms with van der Waals surface area (Å²) >= 11 is 0. The van der Waals surface area contributed by atoms with Crippen LogP contribution in [0.15, 0.2) is 65.6 Å². The number of amides is 1. The molecular formula is C24H25N3O7S. The molecule has 0 spiro atoms.